The van der Waals surface area contributed by atoms with Crippen molar-refractivity contribution in [3.05, 3.63) is 137 Å². The maximum atomic E-state index is 13.5. The van der Waals surface area contributed by atoms with E-state index in [1.165, 1.54) is 53.4 Å². The lowest BCUT2D eigenvalue weighted by Gasteiger charge is -2.13. The van der Waals surface area contributed by atoms with Gasteiger partial charge in [-0.1, -0.05) is 66.7 Å². The minimum absolute atomic E-state index is 0.0189. The third-order valence-corrected chi connectivity index (χ3v) is 8.14. The molecule has 3 N–H and O–H groups in total. The zero-order valence-electron chi connectivity index (χ0n) is 23.5. The van der Waals surface area contributed by atoms with Gasteiger partial charge in [-0.05, 0) is 61.0 Å². The van der Waals surface area contributed by atoms with Crippen LogP contribution in [0.15, 0.2) is 125 Å². The Morgan fingerprint density at radius 3 is 2.30 bits per heavy atom. The third kappa shape index (κ3) is 8.27. The predicted molar refractivity (Wildman–Crippen MR) is 175 cm³/mol. The first-order chi connectivity index (χ1) is 21.3. The summed E-state index contributed by atoms with van der Waals surface area (Å²) in [6.07, 6.45) is 1.47. The Morgan fingerprint density at radius 2 is 1.57 bits per heavy atom. The molecule has 0 aliphatic heterocycles. The number of thiazole rings is 1. The molecule has 1 atom stereocenters. The molecule has 0 radical (unpaired) electrons. The summed E-state index contributed by atoms with van der Waals surface area (Å²) in [6, 6.07) is 30.9. The zero-order chi connectivity index (χ0) is 30.9. The van der Waals surface area contributed by atoms with E-state index in [0.29, 0.717) is 21.9 Å². The van der Waals surface area contributed by atoms with Gasteiger partial charge in [-0.15, -0.1) is 23.1 Å². The van der Waals surface area contributed by atoms with E-state index in [2.05, 4.69) is 20.9 Å². The smallest absolute Gasteiger partial charge is 0.272 e. The molecule has 0 aliphatic rings. The summed E-state index contributed by atoms with van der Waals surface area (Å²) in [6.45, 7) is 1.79. The molecule has 10 heteroatoms. The fourth-order valence-corrected chi connectivity index (χ4v) is 5.70. The number of hydrogen-bond donors (Lipinski definition) is 3. The zero-order valence-corrected chi connectivity index (χ0v) is 25.1. The van der Waals surface area contributed by atoms with Gasteiger partial charge in [0.1, 0.15) is 11.5 Å². The lowest BCUT2D eigenvalue weighted by molar-refractivity contribution is -0.115. The fourth-order valence-electron chi connectivity index (χ4n) is 4.05. The number of amides is 3. The summed E-state index contributed by atoms with van der Waals surface area (Å²) >= 11 is 2.69. The van der Waals surface area contributed by atoms with Crippen LogP contribution in [0.2, 0.25) is 0 Å². The Hall–Kier alpha value is -5.06. The minimum atomic E-state index is -0.565. The van der Waals surface area contributed by atoms with Gasteiger partial charge in [0, 0.05) is 27.1 Å². The van der Waals surface area contributed by atoms with E-state index < -0.39 is 22.9 Å². The number of anilines is 2. The van der Waals surface area contributed by atoms with E-state index in [4.69, 9.17) is 0 Å². The van der Waals surface area contributed by atoms with Gasteiger partial charge in [0.2, 0.25) is 5.91 Å². The Bertz CT molecular complexity index is 1790. The molecule has 0 saturated carbocycles. The van der Waals surface area contributed by atoms with E-state index in [1.807, 2.05) is 41.8 Å². The van der Waals surface area contributed by atoms with Gasteiger partial charge in [-0.3, -0.25) is 14.4 Å². The lowest BCUT2D eigenvalue weighted by atomic mass is 10.1. The van der Waals surface area contributed by atoms with Crippen LogP contribution in [0.4, 0.5) is 15.2 Å². The van der Waals surface area contributed by atoms with Crippen LogP contribution in [0.3, 0.4) is 0 Å². The molecule has 4 aromatic carbocycles. The Kier molecular flexibility index (Phi) is 9.96. The number of hydrogen-bond acceptors (Lipinski definition) is 6. The van der Waals surface area contributed by atoms with Gasteiger partial charge in [-0.2, -0.15) is 0 Å². The number of rotatable bonds is 10. The Morgan fingerprint density at radius 1 is 0.864 bits per heavy atom. The van der Waals surface area contributed by atoms with E-state index in [1.54, 1.807) is 55.5 Å². The van der Waals surface area contributed by atoms with Crippen LogP contribution >= 0.6 is 23.1 Å². The van der Waals surface area contributed by atoms with Crippen LogP contribution in [0.1, 0.15) is 22.8 Å². The second kappa shape index (κ2) is 14.4. The molecule has 1 aromatic heterocycles. The summed E-state index contributed by atoms with van der Waals surface area (Å²) in [5, 5.41) is 10.3. The Balaban J connectivity index is 1.25. The normalized spacial score (nSPS) is 11.8. The largest absolute Gasteiger partial charge is 0.321 e. The highest BCUT2D eigenvalue weighted by Gasteiger charge is 2.18. The lowest BCUT2D eigenvalue weighted by Crippen LogP contribution is -2.30. The second-order valence-electron chi connectivity index (χ2n) is 9.56. The topological polar surface area (TPSA) is 100 Å². The number of benzene rings is 4. The molecule has 5 rings (SSSR count). The van der Waals surface area contributed by atoms with Crippen LogP contribution < -0.4 is 16.0 Å². The molecular formula is C34H27FN4O3S2. The van der Waals surface area contributed by atoms with Crippen molar-refractivity contribution in [2.75, 3.05) is 10.6 Å². The molecule has 0 aliphatic carbocycles. The molecule has 7 nitrogen and oxygen atoms in total. The molecule has 1 unspecified atom stereocenters. The van der Waals surface area contributed by atoms with Crippen LogP contribution in [-0.4, -0.2) is 28.0 Å². The first-order valence-electron chi connectivity index (χ1n) is 13.6. The van der Waals surface area contributed by atoms with E-state index >= 15 is 0 Å². The van der Waals surface area contributed by atoms with Crippen molar-refractivity contribution in [1.29, 1.82) is 0 Å². The van der Waals surface area contributed by atoms with E-state index in [-0.39, 0.29) is 11.6 Å². The van der Waals surface area contributed by atoms with Crippen LogP contribution in [0.5, 0.6) is 0 Å². The highest BCUT2D eigenvalue weighted by Crippen LogP contribution is 2.29. The third-order valence-electron chi connectivity index (χ3n) is 6.29. The minimum Gasteiger partial charge on any atom is -0.321 e. The maximum absolute atomic E-state index is 13.5. The molecule has 44 heavy (non-hydrogen) atoms. The summed E-state index contributed by atoms with van der Waals surface area (Å²) in [5.74, 6) is -1.65. The van der Waals surface area contributed by atoms with Crippen molar-refractivity contribution >= 4 is 57.7 Å². The van der Waals surface area contributed by atoms with Crippen molar-refractivity contribution in [2.24, 2.45) is 0 Å². The SMILES string of the molecule is CC(Sc1cccc(NC(=O)/C(=C/c2ccc(F)cc2)NC(=O)c2ccccc2)c1)C(=O)Nc1nc(-c2ccccc2)cs1. The summed E-state index contributed by atoms with van der Waals surface area (Å²) < 4.78 is 13.5. The maximum Gasteiger partial charge on any atom is 0.272 e. The molecule has 1 heterocycles. The number of aromatic nitrogens is 1. The second-order valence-corrected chi connectivity index (χ2v) is 11.8. The van der Waals surface area contributed by atoms with E-state index in [0.717, 1.165) is 16.2 Å². The number of thioether (sulfide) groups is 1. The first-order valence-corrected chi connectivity index (χ1v) is 15.3. The summed E-state index contributed by atoms with van der Waals surface area (Å²) in [7, 11) is 0. The number of halogens is 1. The van der Waals surface area contributed by atoms with Crippen LogP contribution in [0.25, 0.3) is 17.3 Å². The van der Waals surface area contributed by atoms with Crippen LogP contribution in [-0.2, 0) is 9.59 Å². The molecule has 0 spiro atoms. The summed E-state index contributed by atoms with van der Waals surface area (Å²) in [4.78, 5) is 44.4. The predicted octanol–water partition coefficient (Wildman–Crippen LogP) is 7.48. The number of nitrogens with zero attached hydrogens (tertiary/aromatic N) is 1. The average molecular weight is 623 g/mol. The van der Waals surface area contributed by atoms with Gasteiger partial charge < -0.3 is 16.0 Å². The molecule has 0 saturated heterocycles. The van der Waals surface area contributed by atoms with Crippen molar-refractivity contribution < 1.29 is 18.8 Å². The standard InChI is InChI=1S/C34H27FN4O3S2/c1-22(31(40)39-34-38-30(21-43-34)24-9-4-2-5-10-24)44-28-14-8-13-27(20-28)36-33(42)29(19-23-15-17-26(35)18-16-23)37-32(41)25-11-6-3-7-12-25/h2-22H,1H3,(H,36,42)(H,37,41)(H,38,39,40)/b29-19-. The van der Waals surface area contributed by atoms with Gasteiger partial charge >= 0.3 is 0 Å². The number of carbonyl (C=O) groups is 3. The highest BCUT2D eigenvalue weighted by molar-refractivity contribution is 8.00. The van der Waals surface area contributed by atoms with Crippen LogP contribution in [0, 0.1) is 5.82 Å². The van der Waals surface area contributed by atoms with Gasteiger partial charge in [0.15, 0.2) is 5.13 Å². The average Bonchev–Trinajstić information content (AvgIpc) is 3.51. The fraction of sp³-hybridized carbons (Fsp3) is 0.0588. The first kappa shape index (κ1) is 30.4. The molecule has 5 aromatic rings. The number of nitrogens with one attached hydrogen (secondary N) is 3. The van der Waals surface area contributed by atoms with Gasteiger partial charge in [0.25, 0.3) is 11.8 Å². The monoisotopic (exact) mass is 622 g/mol. The number of carbonyl (C=O) groups excluding carboxylic acids is 3. The van der Waals surface area contributed by atoms with E-state index in [9.17, 15) is 18.8 Å². The quantitative estimate of drug-likeness (QED) is 0.111. The molecule has 220 valence electrons. The Labute approximate surface area is 262 Å². The molecule has 0 bridgehead atoms. The molecular weight excluding hydrogens is 596 g/mol. The van der Waals surface area contributed by atoms with Crippen molar-refractivity contribution in [3.63, 3.8) is 0 Å². The summed E-state index contributed by atoms with van der Waals surface area (Å²) in [5.41, 5.74) is 3.13. The molecule has 3 amide bonds. The molecule has 0 fully saturated rings. The van der Waals surface area contributed by atoms with Crippen molar-refractivity contribution in [2.45, 2.75) is 17.1 Å². The highest BCUT2D eigenvalue weighted by atomic mass is 32.2. The van der Waals surface area contributed by atoms with Gasteiger partial charge in [-0.25, -0.2) is 9.37 Å². The van der Waals surface area contributed by atoms with Crippen molar-refractivity contribution in [1.82, 2.24) is 10.3 Å². The van der Waals surface area contributed by atoms with Gasteiger partial charge in [0.05, 0.1) is 10.9 Å². The van der Waals surface area contributed by atoms with Crippen molar-refractivity contribution in [3.8, 4) is 11.3 Å².